The predicted molar refractivity (Wildman–Crippen MR) is 121 cm³/mol. The first-order chi connectivity index (χ1) is 14.8. The third-order valence-corrected chi connectivity index (χ3v) is 7.04. The van der Waals surface area contributed by atoms with Crippen LogP contribution in [-0.4, -0.2) is 77.8 Å². The third kappa shape index (κ3) is 3.82. The van der Waals surface area contributed by atoms with E-state index in [4.69, 9.17) is 23.2 Å². The highest BCUT2D eigenvalue weighted by molar-refractivity contribution is 6.42. The summed E-state index contributed by atoms with van der Waals surface area (Å²) in [7, 11) is 3.35. The SMILES string of the molecule is CC[N+]1(C)C(=O)c2c(ncn2N2CCCN(Cc3ccc(Cl)c(Cl)c3)CC2)N(C)C1=O. The number of fused-ring (bicyclic) bond motifs is 1. The van der Waals surface area contributed by atoms with Gasteiger partial charge in [-0.15, -0.1) is 0 Å². The Hall–Kier alpha value is -2.13. The summed E-state index contributed by atoms with van der Waals surface area (Å²) >= 11 is 12.2. The summed E-state index contributed by atoms with van der Waals surface area (Å²) in [6.45, 7) is 6.32. The van der Waals surface area contributed by atoms with Crippen LogP contribution < -0.4 is 9.91 Å². The van der Waals surface area contributed by atoms with Crippen LogP contribution in [-0.2, 0) is 6.54 Å². The van der Waals surface area contributed by atoms with Crippen molar-refractivity contribution in [2.24, 2.45) is 0 Å². The molecule has 0 spiro atoms. The molecule has 166 valence electrons. The molecule has 1 saturated heterocycles. The lowest BCUT2D eigenvalue weighted by Gasteiger charge is -2.36. The molecule has 0 bridgehead atoms. The van der Waals surface area contributed by atoms with E-state index in [1.165, 1.54) is 4.90 Å². The molecule has 3 heterocycles. The van der Waals surface area contributed by atoms with Crippen molar-refractivity contribution in [3.8, 4) is 0 Å². The Bertz CT molecular complexity index is 1030. The van der Waals surface area contributed by atoms with Crippen molar-refractivity contribution in [3.05, 3.63) is 45.8 Å². The Morgan fingerprint density at radius 2 is 1.87 bits per heavy atom. The standard InChI is InChI=1S/C21H27Cl2N6O2/c1-4-29(3)20(30)18-19(25(2)21(29)31)24-14-28(18)27-9-5-8-26(10-11-27)13-15-6-7-16(22)17(23)12-15/h6-7,12,14H,4-5,8-11,13H2,1-3H3/q+1. The molecule has 1 unspecified atom stereocenters. The zero-order chi connectivity index (χ0) is 22.3. The minimum Gasteiger partial charge on any atom is -0.310 e. The number of hydrogen-bond donors (Lipinski definition) is 0. The normalized spacial score (nSPS) is 22.6. The lowest BCUT2D eigenvalue weighted by Crippen LogP contribution is -2.62. The fraction of sp³-hybridized carbons (Fsp3) is 0.476. The predicted octanol–water partition coefficient (Wildman–Crippen LogP) is 3.21. The van der Waals surface area contributed by atoms with Crippen molar-refractivity contribution in [3.63, 3.8) is 0 Å². The summed E-state index contributed by atoms with van der Waals surface area (Å²) < 4.78 is 1.56. The number of imidazole rings is 1. The summed E-state index contributed by atoms with van der Waals surface area (Å²) in [5, 5.41) is 3.26. The Morgan fingerprint density at radius 3 is 2.58 bits per heavy atom. The van der Waals surface area contributed by atoms with Crippen LogP contribution in [0.2, 0.25) is 10.0 Å². The molecule has 3 amide bonds. The summed E-state index contributed by atoms with van der Waals surface area (Å²) in [6, 6.07) is 5.48. The molecule has 1 atom stereocenters. The van der Waals surface area contributed by atoms with Crippen molar-refractivity contribution in [2.75, 3.05) is 56.7 Å². The molecule has 1 aromatic heterocycles. The van der Waals surface area contributed by atoms with E-state index in [9.17, 15) is 9.59 Å². The average molecular weight is 466 g/mol. The van der Waals surface area contributed by atoms with Gasteiger partial charge in [0, 0.05) is 39.8 Å². The van der Waals surface area contributed by atoms with Crippen molar-refractivity contribution in [1.29, 1.82) is 0 Å². The van der Waals surface area contributed by atoms with Crippen molar-refractivity contribution >= 4 is 41.0 Å². The molecule has 0 aliphatic carbocycles. The van der Waals surface area contributed by atoms with Gasteiger partial charge in [0.15, 0.2) is 5.82 Å². The number of imide groups is 1. The van der Waals surface area contributed by atoms with Gasteiger partial charge in [-0.3, -0.25) is 4.90 Å². The van der Waals surface area contributed by atoms with E-state index >= 15 is 0 Å². The Morgan fingerprint density at radius 1 is 1.10 bits per heavy atom. The van der Waals surface area contributed by atoms with E-state index < -0.39 is 0 Å². The maximum Gasteiger partial charge on any atom is 0.432 e. The van der Waals surface area contributed by atoms with Crippen LogP contribution in [0.4, 0.5) is 10.6 Å². The average Bonchev–Trinajstić information content (AvgIpc) is 3.07. The van der Waals surface area contributed by atoms with E-state index in [0.717, 1.165) is 44.7 Å². The number of benzene rings is 1. The van der Waals surface area contributed by atoms with Gasteiger partial charge in [0.2, 0.25) is 5.69 Å². The highest BCUT2D eigenvalue weighted by Crippen LogP contribution is 2.30. The Balaban J connectivity index is 1.53. The van der Waals surface area contributed by atoms with E-state index in [1.54, 1.807) is 20.4 Å². The van der Waals surface area contributed by atoms with Gasteiger partial charge in [0.25, 0.3) is 0 Å². The van der Waals surface area contributed by atoms with E-state index in [-0.39, 0.29) is 16.4 Å². The molecule has 2 aromatic rings. The lowest BCUT2D eigenvalue weighted by atomic mass is 10.2. The molecule has 1 fully saturated rings. The number of amides is 3. The third-order valence-electron chi connectivity index (χ3n) is 6.30. The first-order valence-corrected chi connectivity index (χ1v) is 11.2. The summed E-state index contributed by atoms with van der Waals surface area (Å²) in [4.78, 5) is 34.3. The second-order valence-corrected chi connectivity index (χ2v) is 9.06. The summed E-state index contributed by atoms with van der Waals surface area (Å²) in [6.07, 6.45) is 2.60. The van der Waals surface area contributed by atoms with Crippen LogP contribution in [0, 0.1) is 0 Å². The number of hydrogen-bond acceptors (Lipinski definition) is 5. The van der Waals surface area contributed by atoms with Gasteiger partial charge in [-0.25, -0.2) is 24.1 Å². The zero-order valence-electron chi connectivity index (χ0n) is 18.0. The van der Waals surface area contributed by atoms with E-state index in [2.05, 4.69) is 14.9 Å². The van der Waals surface area contributed by atoms with Crippen LogP contribution in [0.1, 0.15) is 29.4 Å². The van der Waals surface area contributed by atoms with E-state index in [1.807, 2.05) is 29.8 Å². The molecule has 0 N–H and O–H groups in total. The molecular formula is C21H27Cl2N6O2+. The van der Waals surface area contributed by atoms with Crippen LogP contribution in [0.5, 0.6) is 0 Å². The molecule has 1 aromatic carbocycles. The number of rotatable bonds is 4. The first-order valence-electron chi connectivity index (χ1n) is 10.4. The van der Waals surface area contributed by atoms with E-state index in [0.29, 0.717) is 28.1 Å². The molecule has 8 nitrogen and oxygen atoms in total. The number of halogens is 2. The summed E-state index contributed by atoms with van der Waals surface area (Å²) in [5.74, 6) is 0.214. The van der Waals surface area contributed by atoms with Gasteiger partial charge in [0.05, 0.1) is 23.6 Å². The molecule has 0 saturated carbocycles. The zero-order valence-corrected chi connectivity index (χ0v) is 19.5. The monoisotopic (exact) mass is 465 g/mol. The molecule has 0 radical (unpaired) electrons. The first kappa shape index (κ1) is 22.1. The van der Waals surface area contributed by atoms with Gasteiger partial charge >= 0.3 is 11.9 Å². The number of carbonyl (C=O) groups is 2. The van der Waals surface area contributed by atoms with Crippen molar-refractivity contribution in [1.82, 2.24) is 14.6 Å². The van der Waals surface area contributed by atoms with Crippen molar-refractivity contribution in [2.45, 2.75) is 19.9 Å². The highest BCUT2D eigenvalue weighted by atomic mass is 35.5. The number of urea groups is 1. The van der Waals surface area contributed by atoms with Gasteiger partial charge in [0.1, 0.15) is 6.33 Å². The summed E-state index contributed by atoms with van der Waals surface area (Å²) in [5.41, 5.74) is 1.60. The highest BCUT2D eigenvalue weighted by Gasteiger charge is 2.51. The van der Waals surface area contributed by atoms with Crippen LogP contribution >= 0.6 is 23.2 Å². The number of quaternary nitrogens is 1. The number of anilines is 1. The second kappa shape index (κ2) is 8.43. The number of nitrogens with zero attached hydrogens (tertiary/aromatic N) is 6. The molecular weight excluding hydrogens is 439 g/mol. The Kier molecular flexibility index (Phi) is 6.00. The van der Waals surface area contributed by atoms with Gasteiger partial charge in [-0.1, -0.05) is 29.3 Å². The largest absolute Gasteiger partial charge is 0.432 e. The molecule has 4 rings (SSSR count). The quantitative estimate of drug-likeness (QED) is 0.648. The van der Waals surface area contributed by atoms with Crippen LogP contribution in [0.25, 0.3) is 0 Å². The van der Waals surface area contributed by atoms with Crippen LogP contribution in [0.3, 0.4) is 0 Å². The number of carbonyl (C=O) groups excluding carboxylic acids is 2. The fourth-order valence-corrected chi connectivity index (χ4v) is 4.55. The molecule has 31 heavy (non-hydrogen) atoms. The van der Waals surface area contributed by atoms with Crippen LogP contribution in [0.15, 0.2) is 24.5 Å². The second-order valence-electron chi connectivity index (χ2n) is 8.25. The Labute approximate surface area is 192 Å². The fourth-order valence-electron chi connectivity index (χ4n) is 4.23. The smallest absolute Gasteiger partial charge is 0.310 e. The minimum atomic E-state index is -0.285. The molecule has 2 aliphatic rings. The lowest BCUT2D eigenvalue weighted by molar-refractivity contribution is -0.742. The minimum absolute atomic E-state index is 0.213. The topological polar surface area (TPSA) is 61.7 Å². The van der Waals surface area contributed by atoms with Gasteiger partial charge < -0.3 is 5.01 Å². The number of aromatic nitrogens is 2. The van der Waals surface area contributed by atoms with Crippen molar-refractivity contribution < 1.29 is 14.1 Å². The van der Waals surface area contributed by atoms with Gasteiger partial charge in [-0.05, 0) is 31.0 Å². The maximum absolute atomic E-state index is 13.3. The maximum atomic E-state index is 13.3. The van der Waals surface area contributed by atoms with Gasteiger partial charge in [-0.2, -0.15) is 4.48 Å². The molecule has 10 heteroatoms. The molecule has 2 aliphatic heterocycles.